The average molecular weight is 519 g/mol. The summed E-state index contributed by atoms with van der Waals surface area (Å²) in [4.78, 5) is 26.1. The highest BCUT2D eigenvalue weighted by molar-refractivity contribution is 7.92. The summed E-state index contributed by atoms with van der Waals surface area (Å²) in [7, 11) is -4.28. The first kappa shape index (κ1) is 24.3. The molecule has 0 radical (unpaired) electrons. The zero-order valence-electron chi connectivity index (χ0n) is 19.5. The number of nitrogens with zero attached hydrogens (tertiary/aromatic N) is 2. The molecule has 0 spiro atoms. The van der Waals surface area contributed by atoms with E-state index in [-0.39, 0.29) is 42.1 Å². The van der Waals surface area contributed by atoms with Crippen molar-refractivity contribution in [3.05, 3.63) is 58.9 Å². The molecule has 0 bridgehead atoms. The third-order valence-corrected chi connectivity index (χ3v) is 7.94. The number of anilines is 1. The Balaban J connectivity index is 1.43. The summed E-state index contributed by atoms with van der Waals surface area (Å²) >= 11 is 0. The Bertz CT molecular complexity index is 1270. The summed E-state index contributed by atoms with van der Waals surface area (Å²) in [5.41, 5.74) is 1.31. The number of amides is 3. The van der Waals surface area contributed by atoms with Gasteiger partial charge in [0, 0.05) is 31.2 Å². The van der Waals surface area contributed by atoms with Gasteiger partial charge in [0.05, 0.1) is 13.2 Å². The first-order valence-electron chi connectivity index (χ1n) is 11.8. The quantitative estimate of drug-likeness (QED) is 0.601. The number of carbonyl (C=O) groups is 2. The van der Waals surface area contributed by atoms with E-state index in [0.717, 1.165) is 12.0 Å². The third-order valence-electron chi connectivity index (χ3n) is 6.56. The first-order valence-corrected chi connectivity index (χ1v) is 13.2. The Labute approximate surface area is 208 Å². The molecule has 0 aromatic heterocycles. The molecule has 1 unspecified atom stereocenters. The van der Waals surface area contributed by atoms with Gasteiger partial charge in [-0.2, -0.15) is 8.42 Å². The van der Waals surface area contributed by atoms with Gasteiger partial charge in [-0.25, -0.2) is 18.2 Å². The van der Waals surface area contributed by atoms with Gasteiger partial charge in [-0.05, 0) is 30.0 Å². The second-order valence-electron chi connectivity index (χ2n) is 9.07. The van der Waals surface area contributed by atoms with Crippen LogP contribution in [0.15, 0.2) is 36.4 Å². The number of fused-ring (bicyclic) bond motifs is 1. The van der Waals surface area contributed by atoms with Crippen LogP contribution >= 0.6 is 0 Å². The Morgan fingerprint density at radius 3 is 2.75 bits per heavy atom. The predicted octanol–water partition coefficient (Wildman–Crippen LogP) is 1.69. The Morgan fingerprint density at radius 2 is 2.06 bits per heavy atom. The maximum absolute atomic E-state index is 16.0. The van der Waals surface area contributed by atoms with Gasteiger partial charge in [0.2, 0.25) is 0 Å². The van der Waals surface area contributed by atoms with Gasteiger partial charge in [-0.3, -0.25) is 4.79 Å². The predicted molar refractivity (Wildman–Crippen MR) is 128 cm³/mol. The molecule has 192 valence electrons. The number of halogens is 1. The van der Waals surface area contributed by atoms with Gasteiger partial charge >= 0.3 is 16.2 Å². The smallest absolute Gasteiger partial charge is 0.326 e. The molecule has 3 amide bonds. The minimum Gasteiger partial charge on any atom is -0.487 e. The Hall–Kier alpha value is -3.38. The van der Waals surface area contributed by atoms with Crippen molar-refractivity contribution < 1.29 is 31.9 Å². The molecule has 10 nitrogen and oxygen atoms in total. The van der Waals surface area contributed by atoms with E-state index in [1.54, 1.807) is 6.07 Å². The van der Waals surface area contributed by atoms with Crippen molar-refractivity contribution in [3.8, 4) is 5.75 Å². The third kappa shape index (κ3) is 4.96. The number of carbonyl (C=O) groups excluding carboxylic acids is 2. The van der Waals surface area contributed by atoms with Crippen LogP contribution in [-0.4, -0.2) is 58.1 Å². The summed E-state index contributed by atoms with van der Waals surface area (Å²) in [6, 6.07) is 10.5. The molecule has 5 rings (SSSR count). The van der Waals surface area contributed by atoms with Gasteiger partial charge in [0.25, 0.3) is 5.91 Å². The molecule has 2 saturated heterocycles. The molecule has 36 heavy (non-hydrogen) atoms. The van der Waals surface area contributed by atoms with E-state index >= 15 is 4.39 Å². The van der Waals surface area contributed by atoms with Gasteiger partial charge in [-0.1, -0.05) is 30.3 Å². The molecule has 12 heteroatoms. The molecule has 0 aliphatic carbocycles. The number of nitrogens with one attached hydrogen (secondary N) is 2. The fourth-order valence-electron chi connectivity index (χ4n) is 4.61. The Kier molecular flexibility index (Phi) is 6.71. The number of urea groups is 1. The molecule has 0 saturated carbocycles. The molecule has 3 aliphatic rings. The summed E-state index contributed by atoms with van der Waals surface area (Å²) < 4.78 is 55.0. The zero-order chi connectivity index (χ0) is 25.3. The summed E-state index contributed by atoms with van der Waals surface area (Å²) in [6.07, 6.45) is 1.25. The summed E-state index contributed by atoms with van der Waals surface area (Å²) in [5, 5.41) is 2.88. The second-order valence-corrected chi connectivity index (χ2v) is 10.7. The van der Waals surface area contributed by atoms with Crippen LogP contribution in [-0.2, 0) is 39.3 Å². The van der Waals surface area contributed by atoms with Crippen molar-refractivity contribution in [3.63, 3.8) is 0 Å². The lowest BCUT2D eigenvalue weighted by atomic mass is 9.97. The topological polar surface area (TPSA) is 117 Å². The van der Waals surface area contributed by atoms with Gasteiger partial charge in [0.1, 0.15) is 24.6 Å². The minimum absolute atomic E-state index is 0.0225. The fraction of sp³-hybridized carbons (Fsp3) is 0.417. The van der Waals surface area contributed by atoms with E-state index in [9.17, 15) is 18.0 Å². The van der Waals surface area contributed by atoms with E-state index < -0.39 is 28.5 Å². The van der Waals surface area contributed by atoms with Gasteiger partial charge in [-0.15, -0.1) is 0 Å². The van der Waals surface area contributed by atoms with Crippen LogP contribution in [0.1, 0.15) is 23.1 Å². The molecule has 2 aromatic carbocycles. The van der Waals surface area contributed by atoms with E-state index in [1.807, 2.05) is 35.1 Å². The highest BCUT2D eigenvalue weighted by Crippen LogP contribution is 2.40. The van der Waals surface area contributed by atoms with Crippen molar-refractivity contribution >= 4 is 27.8 Å². The molecular weight excluding hydrogens is 491 g/mol. The van der Waals surface area contributed by atoms with Crippen molar-refractivity contribution in [2.24, 2.45) is 5.92 Å². The van der Waals surface area contributed by atoms with Crippen LogP contribution in [0.5, 0.6) is 5.75 Å². The van der Waals surface area contributed by atoms with E-state index in [2.05, 4.69) is 5.32 Å². The maximum atomic E-state index is 16.0. The van der Waals surface area contributed by atoms with E-state index in [4.69, 9.17) is 9.47 Å². The van der Waals surface area contributed by atoms with Crippen LogP contribution in [0, 0.1) is 11.7 Å². The summed E-state index contributed by atoms with van der Waals surface area (Å²) in [6.45, 7) is 1.62. The van der Waals surface area contributed by atoms with Crippen LogP contribution in [0.25, 0.3) is 0 Å². The number of hydrogen-bond acceptors (Lipinski definition) is 6. The van der Waals surface area contributed by atoms with E-state index in [0.29, 0.717) is 42.6 Å². The standard InChI is InChI=1S/C24H27FN4O6S/c25-22-19-12-28(24(31)26-11-17-7-9-34-14-17)8-6-18(19)10-20(35-15-16-4-2-1-3-5-16)23(22)29-13-21(30)27-36(29,32)33/h1-5,10,17H,6-9,11-15H2,(H,26,31)(H,27,30). The monoisotopic (exact) mass is 518 g/mol. The highest BCUT2D eigenvalue weighted by atomic mass is 32.2. The van der Waals surface area contributed by atoms with Crippen LogP contribution < -0.4 is 19.1 Å². The maximum Gasteiger partial charge on any atom is 0.326 e. The van der Waals surface area contributed by atoms with Gasteiger partial charge in [0.15, 0.2) is 5.82 Å². The molecule has 2 N–H and O–H groups in total. The lowest BCUT2D eigenvalue weighted by molar-refractivity contribution is -0.117. The molecule has 1 atom stereocenters. The first-order chi connectivity index (χ1) is 17.3. The van der Waals surface area contributed by atoms with Crippen LogP contribution in [0.4, 0.5) is 14.9 Å². The van der Waals surface area contributed by atoms with E-state index in [1.165, 1.54) is 4.90 Å². The number of benzene rings is 2. The van der Waals surface area contributed by atoms with Crippen LogP contribution in [0.2, 0.25) is 0 Å². The highest BCUT2D eigenvalue weighted by Gasteiger charge is 2.39. The largest absolute Gasteiger partial charge is 0.487 e. The Morgan fingerprint density at radius 1 is 1.25 bits per heavy atom. The second kappa shape index (κ2) is 9.94. The molecule has 3 aliphatic heterocycles. The minimum atomic E-state index is -4.28. The molecule has 3 heterocycles. The van der Waals surface area contributed by atoms with Crippen LogP contribution in [0.3, 0.4) is 0 Å². The molecule has 2 fully saturated rings. The molecular formula is C24H27FN4O6S. The number of rotatable bonds is 6. The SMILES string of the molecule is O=C1CN(c2c(OCc3ccccc3)cc3c(c2F)CN(C(=O)NCC2CCOC2)CC3)S(=O)(=O)N1. The average Bonchev–Trinajstić information content (AvgIpc) is 3.48. The van der Waals surface area contributed by atoms with Crippen molar-refractivity contribution in [1.82, 2.24) is 14.9 Å². The zero-order valence-corrected chi connectivity index (χ0v) is 20.4. The fourth-order valence-corrected chi connectivity index (χ4v) is 5.77. The summed E-state index contributed by atoms with van der Waals surface area (Å²) in [5.74, 6) is -1.31. The normalized spacial score (nSPS) is 20.7. The van der Waals surface area contributed by atoms with Crippen molar-refractivity contribution in [2.75, 3.05) is 37.2 Å². The number of hydrogen-bond donors (Lipinski definition) is 2. The number of ether oxygens (including phenoxy) is 2. The lowest BCUT2D eigenvalue weighted by Gasteiger charge is -2.31. The molecule has 2 aromatic rings. The van der Waals surface area contributed by atoms with Crippen molar-refractivity contribution in [1.29, 1.82) is 0 Å². The lowest BCUT2D eigenvalue weighted by Crippen LogP contribution is -2.44. The van der Waals surface area contributed by atoms with Gasteiger partial charge < -0.3 is 19.7 Å². The van der Waals surface area contributed by atoms with Crippen molar-refractivity contribution in [2.45, 2.75) is 26.0 Å².